The van der Waals surface area contributed by atoms with Crippen LogP contribution >= 0.6 is 0 Å². The lowest BCUT2D eigenvalue weighted by Crippen LogP contribution is -2.32. The molecule has 29 heavy (non-hydrogen) atoms. The maximum atomic E-state index is 13.8. The second-order valence-corrected chi connectivity index (χ2v) is 7.32. The van der Waals surface area contributed by atoms with Crippen LogP contribution in [-0.2, 0) is 17.8 Å². The van der Waals surface area contributed by atoms with Crippen LogP contribution in [0, 0.1) is 5.82 Å². The molecule has 7 heteroatoms. The number of nitrogens with zero attached hydrogens (tertiary/aromatic N) is 3. The fraction of sp³-hybridized carbons (Fsp3) is 0.318. The second-order valence-electron chi connectivity index (χ2n) is 7.32. The van der Waals surface area contributed by atoms with Crippen molar-refractivity contribution in [2.24, 2.45) is 0 Å². The summed E-state index contributed by atoms with van der Waals surface area (Å²) < 4.78 is 16.0. The minimum atomic E-state index is -0.541. The molecule has 0 saturated heterocycles. The molecule has 1 atom stereocenters. The quantitative estimate of drug-likeness (QED) is 0.680. The van der Waals surface area contributed by atoms with Crippen LogP contribution in [0.5, 0.6) is 0 Å². The van der Waals surface area contributed by atoms with Gasteiger partial charge in [0.05, 0.1) is 5.69 Å². The fourth-order valence-corrected chi connectivity index (χ4v) is 3.57. The van der Waals surface area contributed by atoms with Crippen molar-refractivity contribution in [1.82, 2.24) is 14.8 Å². The van der Waals surface area contributed by atoms with E-state index in [9.17, 15) is 9.18 Å². The van der Waals surface area contributed by atoms with Crippen molar-refractivity contribution in [3.05, 3.63) is 60.2 Å². The Kier molecular flexibility index (Phi) is 5.55. The molecule has 4 rings (SSSR count). The number of amides is 1. The first-order valence-corrected chi connectivity index (χ1v) is 9.96. The molecular weight excluding hydrogens is 369 g/mol. The molecule has 0 saturated carbocycles. The number of hydrogen-bond donors (Lipinski definition) is 2. The summed E-state index contributed by atoms with van der Waals surface area (Å²) in [5, 5.41) is 14.6. The summed E-state index contributed by atoms with van der Waals surface area (Å²) >= 11 is 0. The highest BCUT2D eigenvalue weighted by molar-refractivity contribution is 5.96. The van der Waals surface area contributed by atoms with Gasteiger partial charge in [-0.15, -0.1) is 10.2 Å². The molecular formula is C22H24FN5O. The highest BCUT2D eigenvalue weighted by atomic mass is 19.1. The number of aromatic nitrogens is 3. The fourth-order valence-electron chi connectivity index (χ4n) is 3.57. The van der Waals surface area contributed by atoms with E-state index in [1.54, 1.807) is 19.1 Å². The highest BCUT2D eigenvalue weighted by Gasteiger charge is 2.18. The zero-order valence-corrected chi connectivity index (χ0v) is 16.4. The Morgan fingerprint density at radius 2 is 1.97 bits per heavy atom. The number of benzene rings is 2. The molecule has 2 N–H and O–H groups in total. The average Bonchev–Trinajstić information content (AvgIpc) is 2.98. The molecule has 3 aromatic rings. The van der Waals surface area contributed by atoms with Crippen LogP contribution < -0.4 is 10.6 Å². The summed E-state index contributed by atoms with van der Waals surface area (Å²) in [6.07, 6.45) is 4.44. The van der Waals surface area contributed by atoms with Gasteiger partial charge in [-0.3, -0.25) is 4.79 Å². The average molecular weight is 393 g/mol. The molecule has 150 valence electrons. The molecule has 1 aromatic heterocycles. The number of halogens is 1. The van der Waals surface area contributed by atoms with E-state index in [0.717, 1.165) is 48.7 Å². The standard InChI is InChI=1S/C22H24FN5O/c1-15(22(29)25-19-11-5-4-10-18(19)23)24-17-9-7-8-16(14-17)21-27-26-20-12-3-2-6-13-28(20)21/h4-5,7-11,14-15,24H,2-3,6,12-13H2,1H3,(H,25,29)/t15-/m1/s1. The van der Waals surface area contributed by atoms with Crippen LogP contribution in [-0.4, -0.2) is 26.7 Å². The summed E-state index contributed by atoms with van der Waals surface area (Å²) in [7, 11) is 0. The third-order valence-corrected chi connectivity index (χ3v) is 5.14. The van der Waals surface area contributed by atoms with Gasteiger partial charge in [0, 0.05) is 24.2 Å². The first-order chi connectivity index (χ1) is 14.1. The molecule has 0 fully saturated rings. The number of carbonyl (C=O) groups is 1. The summed E-state index contributed by atoms with van der Waals surface area (Å²) in [6, 6.07) is 13.4. The number of hydrogen-bond acceptors (Lipinski definition) is 4. The first-order valence-electron chi connectivity index (χ1n) is 9.96. The lowest BCUT2D eigenvalue weighted by Gasteiger charge is -2.16. The maximum Gasteiger partial charge on any atom is 0.246 e. The number of rotatable bonds is 5. The van der Waals surface area contributed by atoms with Gasteiger partial charge in [0.25, 0.3) is 0 Å². The van der Waals surface area contributed by atoms with E-state index < -0.39 is 11.9 Å². The molecule has 2 aromatic carbocycles. The lowest BCUT2D eigenvalue weighted by molar-refractivity contribution is -0.116. The monoisotopic (exact) mass is 393 g/mol. The van der Waals surface area contributed by atoms with E-state index in [-0.39, 0.29) is 11.6 Å². The van der Waals surface area contributed by atoms with Crippen molar-refractivity contribution in [1.29, 1.82) is 0 Å². The molecule has 0 radical (unpaired) electrons. The van der Waals surface area contributed by atoms with Crippen LogP contribution in [0.25, 0.3) is 11.4 Å². The maximum absolute atomic E-state index is 13.8. The van der Waals surface area contributed by atoms with Crippen LogP contribution in [0.2, 0.25) is 0 Å². The highest BCUT2D eigenvalue weighted by Crippen LogP contribution is 2.25. The Morgan fingerprint density at radius 3 is 2.83 bits per heavy atom. The minimum Gasteiger partial charge on any atom is -0.374 e. The predicted molar refractivity (Wildman–Crippen MR) is 111 cm³/mol. The van der Waals surface area contributed by atoms with Crippen molar-refractivity contribution in [3.8, 4) is 11.4 Å². The number of aryl methyl sites for hydroxylation is 1. The summed E-state index contributed by atoms with van der Waals surface area (Å²) in [5.74, 6) is 1.13. The zero-order valence-electron chi connectivity index (χ0n) is 16.4. The molecule has 0 spiro atoms. The molecule has 1 aliphatic rings. The van der Waals surface area contributed by atoms with Gasteiger partial charge in [-0.05, 0) is 44.0 Å². The predicted octanol–water partition coefficient (Wildman–Crippen LogP) is 4.25. The Hall–Kier alpha value is -3.22. The molecule has 6 nitrogen and oxygen atoms in total. The zero-order chi connectivity index (χ0) is 20.2. The van der Waals surface area contributed by atoms with Gasteiger partial charge >= 0.3 is 0 Å². The lowest BCUT2D eigenvalue weighted by atomic mass is 10.1. The van der Waals surface area contributed by atoms with Gasteiger partial charge < -0.3 is 15.2 Å². The number of nitrogens with one attached hydrogen (secondary N) is 2. The van der Waals surface area contributed by atoms with E-state index in [4.69, 9.17) is 0 Å². The molecule has 0 aliphatic carbocycles. The largest absolute Gasteiger partial charge is 0.374 e. The topological polar surface area (TPSA) is 71.8 Å². The van der Waals surface area contributed by atoms with E-state index in [2.05, 4.69) is 25.4 Å². The Bertz CT molecular complexity index is 1020. The van der Waals surface area contributed by atoms with Gasteiger partial charge in [-0.1, -0.05) is 30.7 Å². The Labute approximate surface area is 169 Å². The normalized spacial score (nSPS) is 14.6. The molecule has 2 heterocycles. The molecule has 0 unspecified atom stereocenters. The van der Waals surface area contributed by atoms with Gasteiger partial charge in [-0.25, -0.2) is 4.39 Å². The van der Waals surface area contributed by atoms with Crippen LogP contribution in [0.15, 0.2) is 48.5 Å². The van der Waals surface area contributed by atoms with Crippen LogP contribution in [0.4, 0.5) is 15.8 Å². The van der Waals surface area contributed by atoms with E-state index >= 15 is 0 Å². The second kappa shape index (κ2) is 8.43. The molecule has 1 amide bonds. The van der Waals surface area contributed by atoms with Gasteiger partial charge in [-0.2, -0.15) is 0 Å². The van der Waals surface area contributed by atoms with Crippen molar-refractivity contribution in [2.45, 2.75) is 45.2 Å². The summed E-state index contributed by atoms with van der Waals surface area (Å²) in [5.41, 5.74) is 1.92. The third-order valence-electron chi connectivity index (χ3n) is 5.14. The Morgan fingerprint density at radius 1 is 1.10 bits per heavy atom. The number of fused-ring (bicyclic) bond motifs is 1. The van der Waals surface area contributed by atoms with Gasteiger partial charge in [0.2, 0.25) is 5.91 Å². The van der Waals surface area contributed by atoms with E-state index in [1.165, 1.54) is 18.6 Å². The van der Waals surface area contributed by atoms with Crippen molar-refractivity contribution < 1.29 is 9.18 Å². The van der Waals surface area contributed by atoms with E-state index in [1.807, 2.05) is 24.3 Å². The number of carbonyl (C=O) groups excluding carboxylic acids is 1. The molecule has 0 bridgehead atoms. The number of para-hydroxylation sites is 1. The third kappa shape index (κ3) is 4.29. The Balaban J connectivity index is 1.49. The van der Waals surface area contributed by atoms with E-state index in [0.29, 0.717) is 0 Å². The van der Waals surface area contributed by atoms with Gasteiger partial charge in [0.15, 0.2) is 5.82 Å². The first kappa shape index (κ1) is 19.1. The molecule has 1 aliphatic heterocycles. The van der Waals surface area contributed by atoms with Crippen molar-refractivity contribution in [3.63, 3.8) is 0 Å². The van der Waals surface area contributed by atoms with Gasteiger partial charge in [0.1, 0.15) is 17.7 Å². The minimum absolute atomic E-state index is 0.172. The van der Waals surface area contributed by atoms with Crippen molar-refractivity contribution in [2.75, 3.05) is 10.6 Å². The summed E-state index contributed by atoms with van der Waals surface area (Å²) in [4.78, 5) is 12.4. The number of anilines is 2. The SMILES string of the molecule is C[C@@H](Nc1cccc(-c2nnc3n2CCCCC3)c1)C(=O)Nc1ccccc1F. The summed E-state index contributed by atoms with van der Waals surface area (Å²) in [6.45, 7) is 2.67. The van der Waals surface area contributed by atoms with Crippen LogP contribution in [0.1, 0.15) is 32.0 Å². The van der Waals surface area contributed by atoms with Crippen molar-refractivity contribution >= 4 is 17.3 Å². The van der Waals surface area contributed by atoms with Crippen LogP contribution in [0.3, 0.4) is 0 Å². The smallest absolute Gasteiger partial charge is 0.246 e.